The highest BCUT2D eigenvalue weighted by atomic mass is 32.2. The number of nitrogens with two attached hydrogens (primary N) is 2. The lowest BCUT2D eigenvalue weighted by Gasteiger charge is -1.81. The highest BCUT2D eigenvalue weighted by molar-refractivity contribution is 7.86. The summed E-state index contributed by atoms with van der Waals surface area (Å²) >= 11 is 0. The summed E-state index contributed by atoms with van der Waals surface area (Å²) in [6.07, 6.45) is 1.81. The molecule has 14 heavy (non-hydrogen) atoms. The molecule has 76 valence electrons. The van der Waals surface area contributed by atoms with Crippen LogP contribution in [0.2, 0.25) is 0 Å². The van der Waals surface area contributed by atoms with E-state index in [9.17, 15) is 8.42 Å². The molecule has 0 aliphatic rings. The molecule has 5 N–H and O–H groups in total. The summed E-state index contributed by atoms with van der Waals surface area (Å²) in [5.41, 5.74) is 1.09. The van der Waals surface area contributed by atoms with Gasteiger partial charge in [0.25, 0.3) is 10.2 Å². The maximum Gasteiger partial charge on any atom is 0.271 e. The third-order valence-electron chi connectivity index (χ3n) is 1.35. The molecule has 1 heterocycles. The lowest BCUT2D eigenvalue weighted by molar-refractivity contribution is 0.599. The van der Waals surface area contributed by atoms with Crippen LogP contribution in [0.5, 0.6) is 0 Å². The summed E-state index contributed by atoms with van der Waals surface area (Å²) < 4.78 is 18.4. The Hall–Kier alpha value is -1.44. The normalized spacial score (nSPS) is 10.7. The van der Waals surface area contributed by atoms with Gasteiger partial charge in [0.05, 0.1) is 11.7 Å². The van der Waals surface area contributed by atoms with Crippen molar-refractivity contribution in [2.45, 2.75) is 0 Å². The number of hydrogen-bond donors (Lipinski definition) is 3. The first kappa shape index (κ1) is 10.6. The van der Waals surface area contributed by atoms with Crippen molar-refractivity contribution in [3.05, 3.63) is 30.5 Å². The monoisotopic (exact) mass is 214 g/mol. The average Bonchev–Trinajstić information content (AvgIpc) is 2.47. The van der Waals surface area contributed by atoms with Crippen molar-refractivity contribution < 1.29 is 8.42 Å². The first-order chi connectivity index (χ1) is 6.47. The minimum atomic E-state index is -3.67. The molecule has 0 spiro atoms. The smallest absolute Gasteiger partial charge is 0.271 e. The van der Waals surface area contributed by atoms with Gasteiger partial charge in [0.1, 0.15) is 0 Å². The van der Waals surface area contributed by atoms with Gasteiger partial charge in [0, 0.05) is 5.39 Å². The fraction of sp³-hybridized carbons (Fsp3) is 0. The zero-order valence-corrected chi connectivity index (χ0v) is 8.03. The molecule has 6 nitrogen and oxygen atoms in total. The van der Waals surface area contributed by atoms with Crippen LogP contribution in [0.4, 0.5) is 0 Å². The van der Waals surface area contributed by atoms with Gasteiger partial charge in [-0.05, 0) is 6.07 Å². The van der Waals surface area contributed by atoms with Gasteiger partial charge in [-0.25, -0.2) is 10.3 Å². The van der Waals surface area contributed by atoms with Gasteiger partial charge in [-0.3, -0.25) is 5.10 Å². The van der Waals surface area contributed by atoms with E-state index in [1.165, 1.54) is 0 Å². The van der Waals surface area contributed by atoms with Crippen molar-refractivity contribution in [2.24, 2.45) is 10.3 Å². The highest BCUT2D eigenvalue weighted by Crippen LogP contribution is 2.06. The number of H-pyrrole nitrogens is 1. The van der Waals surface area contributed by atoms with Gasteiger partial charge in [-0.1, -0.05) is 18.2 Å². The molecule has 0 atom stereocenters. The third kappa shape index (κ3) is 3.99. The maximum atomic E-state index is 9.19. The van der Waals surface area contributed by atoms with Gasteiger partial charge in [0.15, 0.2) is 0 Å². The molecule has 0 amide bonds. The van der Waals surface area contributed by atoms with Crippen LogP contribution in [0.15, 0.2) is 30.5 Å². The Morgan fingerprint density at radius 1 is 1.21 bits per heavy atom. The van der Waals surface area contributed by atoms with E-state index in [2.05, 4.69) is 20.5 Å². The average molecular weight is 214 g/mol. The number of nitrogens with one attached hydrogen (secondary N) is 1. The van der Waals surface area contributed by atoms with E-state index in [1.807, 2.05) is 30.5 Å². The summed E-state index contributed by atoms with van der Waals surface area (Å²) in [7, 11) is -3.67. The molecule has 0 unspecified atom stereocenters. The lowest BCUT2D eigenvalue weighted by Crippen LogP contribution is -2.21. The van der Waals surface area contributed by atoms with E-state index in [-0.39, 0.29) is 0 Å². The zero-order valence-electron chi connectivity index (χ0n) is 7.21. The van der Waals surface area contributed by atoms with Gasteiger partial charge in [-0.15, -0.1) is 0 Å². The molecule has 0 fully saturated rings. The predicted molar refractivity (Wildman–Crippen MR) is 53.4 cm³/mol. The van der Waals surface area contributed by atoms with E-state index in [1.54, 1.807) is 0 Å². The quantitative estimate of drug-likeness (QED) is 0.559. The van der Waals surface area contributed by atoms with E-state index in [4.69, 9.17) is 0 Å². The SMILES string of the molecule is NS(N)(=O)=O.c1ccc2[nH]ncc2c1. The number of aromatic amines is 1. The molecule has 2 rings (SSSR count). The number of para-hydroxylation sites is 1. The van der Waals surface area contributed by atoms with Crippen molar-refractivity contribution in [1.29, 1.82) is 0 Å². The summed E-state index contributed by atoms with van der Waals surface area (Å²) in [6, 6.07) is 8.01. The molecule has 1 aromatic heterocycles. The second kappa shape index (κ2) is 4.18. The Morgan fingerprint density at radius 3 is 2.36 bits per heavy atom. The standard InChI is InChI=1S/C7H6N2.H4N2O2S/c1-2-4-7-6(3-1)5-8-9-7;1-5(2,3)4/h1-5H,(H,8,9);(H4,1,2,3,4). The Bertz CT molecular complexity index is 467. The summed E-state index contributed by atoms with van der Waals surface area (Å²) in [5, 5.41) is 16.1. The maximum absolute atomic E-state index is 9.19. The first-order valence-electron chi connectivity index (χ1n) is 3.65. The van der Waals surface area contributed by atoms with Crippen LogP contribution in [0, 0.1) is 0 Å². The number of rotatable bonds is 0. The van der Waals surface area contributed by atoms with Crippen molar-refractivity contribution in [1.82, 2.24) is 10.2 Å². The molecular formula is C7H10N4O2S. The second-order valence-corrected chi connectivity index (χ2v) is 3.72. The van der Waals surface area contributed by atoms with Crippen LogP contribution in [0.25, 0.3) is 10.9 Å². The molecule has 0 radical (unpaired) electrons. The molecule has 2 aromatic rings. The van der Waals surface area contributed by atoms with Crippen LogP contribution in [0.1, 0.15) is 0 Å². The fourth-order valence-corrected chi connectivity index (χ4v) is 0.883. The van der Waals surface area contributed by atoms with Crippen molar-refractivity contribution in [2.75, 3.05) is 0 Å². The van der Waals surface area contributed by atoms with E-state index in [0.29, 0.717) is 0 Å². The predicted octanol–water partition coefficient (Wildman–Crippen LogP) is -0.288. The van der Waals surface area contributed by atoms with Crippen molar-refractivity contribution in [3.63, 3.8) is 0 Å². The minimum absolute atomic E-state index is 1.09. The molecule has 1 aromatic carbocycles. The number of fused-ring (bicyclic) bond motifs is 1. The van der Waals surface area contributed by atoms with Gasteiger partial charge >= 0.3 is 0 Å². The third-order valence-corrected chi connectivity index (χ3v) is 1.35. The van der Waals surface area contributed by atoms with Gasteiger partial charge in [0.2, 0.25) is 0 Å². The Morgan fingerprint density at radius 2 is 1.79 bits per heavy atom. The summed E-state index contributed by atoms with van der Waals surface area (Å²) in [5.74, 6) is 0. The highest BCUT2D eigenvalue weighted by Gasteiger charge is 1.88. The van der Waals surface area contributed by atoms with Crippen molar-refractivity contribution >= 4 is 21.1 Å². The summed E-state index contributed by atoms with van der Waals surface area (Å²) in [6.45, 7) is 0. The fourth-order valence-electron chi connectivity index (χ4n) is 0.883. The number of benzene rings is 1. The van der Waals surface area contributed by atoms with Gasteiger partial charge < -0.3 is 0 Å². The Kier molecular flexibility index (Phi) is 3.18. The van der Waals surface area contributed by atoms with Crippen LogP contribution in [0.3, 0.4) is 0 Å². The topological polar surface area (TPSA) is 115 Å². The first-order valence-corrected chi connectivity index (χ1v) is 5.26. The van der Waals surface area contributed by atoms with E-state index >= 15 is 0 Å². The molecule has 7 heteroatoms. The Balaban J connectivity index is 0.000000171. The van der Waals surface area contributed by atoms with Crippen molar-refractivity contribution in [3.8, 4) is 0 Å². The minimum Gasteiger partial charge on any atom is -0.278 e. The summed E-state index contributed by atoms with van der Waals surface area (Å²) in [4.78, 5) is 0. The number of hydrogen-bond acceptors (Lipinski definition) is 3. The zero-order chi connectivity index (χ0) is 10.6. The molecular weight excluding hydrogens is 204 g/mol. The number of aromatic nitrogens is 2. The number of nitrogens with zero attached hydrogens (tertiary/aromatic N) is 1. The molecule has 0 saturated heterocycles. The largest absolute Gasteiger partial charge is 0.278 e. The molecule has 0 aliphatic carbocycles. The Labute approximate surface area is 81.1 Å². The van der Waals surface area contributed by atoms with Gasteiger partial charge in [-0.2, -0.15) is 13.5 Å². The molecule has 0 aliphatic heterocycles. The van der Waals surface area contributed by atoms with E-state index in [0.717, 1.165) is 10.9 Å². The molecule has 0 bridgehead atoms. The van der Waals surface area contributed by atoms with E-state index < -0.39 is 10.2 Å². The van der Waals surface area contributed by atoms with Crippen LogP contribution >= 0.6 is 0 Å². The molecule has 0 saturated carbocycles. The second-order valence-electron chi connectivity index (χ2n) is 2.55. The lowest BCUT2D eigenvalue weighted by atomic mass is 10.3. The van der Waals surface area contributed by atoms with Crippen LogP contribution in [-0.4, -0.2) is 18.6 Å². The van der Waals surface area contributed by atoms with Crippen LogP contribution < -0.4 is 10.3 Å². The van der Waals surface area contributed by atoms with Crippen LogP contribution in [-0.2, 0) is 10.2 Å².